The number of aliphatic hydroxyl groups is 4. The van der Waals surface area contributed by atoms with E-state index in [9.17, 15) is 9.59 Å². The van der Waals surface area contributed by atoms with E-state index in [2.05, 4.69) is 20.1 Å². The van der Waals surface area contributed by atoms with Gasteiger partial charge in [-0.3, -0.25) is 10.6 Å². The van der Waals surface area contributed by atoms with Gasteiger partial charge in [0, 0.05) is 39.1 Å². The standard InChI is InChI=1S/C12H22N2O8/c1-11(17,18)13-5-7-21-9(15)3-4-10(16)22-8-6-14-12(2,19)20/h3-4,13-14,17-20H,5-8H2,1-2H3/b4-3-. The van der Waals surface area contributed by atoms with Crippen LogP contribution in [0.3, 0.4) is 0 Å². The first kappa shape index (κ1) is 20.4. The maximum Gasteiger partial charge on any atom is 0.331 e. The first-order chi connectivity index (χ1) is 9.99. The van der Waals surface area contributed by atoms with Crippen LogP contribution in [0.1, 0.15) is 13.8 Å². The Bertz CT molecular complexity index is 348. The first-order valence-corrected chi connectivity index (χ1v) is 6.41. The number of rotatable bonds is 10. The fourth-order valence-electron chi connectivity index (χ4n) is 1.11. The van der Waals surface area contributed by atoms with Crippen molar-refractivity contribution in [2.75, 3.05) is 26.3 Å². The van der Waals surface area contributed by atoms with Crippen molar-refractivity contribution in [3.8, 4) is 0 Å². The zero-order valence-electron chi connectivity index (χ0n) is 12.4. The largest absolute Gasteiger partial charge is 0.461 e. The number of carbonyl (C=O) groups excluding carboxylic acids is 2. The number of carbonyl (C=O) groups is 2. The predicted molar refractivity (Wildman–Crippen MR) is 72.7 cm³/mol. The van der Waals surface area contributed by atoms with Crippen molar-refractivity contribution in [1.29, 1.82) is 0 Å². The number of esters is 2. The third-order valence-electron chi connectivity index (χ3n) is 1.97. The Balaban J connectivity index is 3.76. The van der Waals surface area contributed by atoms with E-state index in [0.717, 1.165) is 26.0 Å². The SMILES string of the molecule is CC(O)(O)NCCOC(=O)/C=C\C(=O)OCCNC(C)(O)O. The Labute approximate surface area is 127 Å². The minimum atomic E-state index is -2.06. The second-order valence-electron chi connectivity index (χ2n) is 4.56. The van der Waals surface area contributed by atoms with Gasteiger partial charge in [0.2, 0.25) is 11.8 Å². The Morgan fingerprint density at radius 1 is 0.864 bits per heavy atom. The van der Waals surface area contributed by atoms with Crippen molar-refractivity contribution < 1.29 is 39.5 Å². The third kappa shape index (κ3) is 14.8. The van der Waals surface area contributed by atoms with Crippen LogP contribution in [0.25, 0.3) is 0 Å². The molecular formula is C12H22N2O8. The average Bonchev–Trinajstić information content (AvgIpc) is 2.35. The zero-order valence-corrected chi connectivity index (χ0v) is 12.4. The van der Waals surface area contributed by atoms with Crippen molar-refractivity contribution in [2.24, 2.45) is 0 Å². The first-order valence-electron chi connectivity index (χ1n) is 6.41. The molecule has 0 aliphatic heterocycles. The molecule has 0 aliphatic rings. The van der Waals surface area contributed by atoms with Crippen LogP contribution < -0.4 is 10.6 Å². The molecule has 0 saturated heterocycles. The lowest BCUT2D eigenvalue weighted by Crippen LogP contribution is -2.43. The van der Waals surface area contributed by atoms with Gasteiger partial charge in [0.25, 0.3) is 0 Å². The van der Waals surface area contributed by atoms with Gasteiger partial charge < -0.3 is 29.9 Å². The van der Waals surface area contributed by atoms with Gasteiger partial charge in [0.15, 0.2) is 0 Å². The maximum atomic E-state index is 11.2. The topological polar surface area (TPSA) is 158 Å². The van der Waals surface area contributed by atoms with Crippen molar-refractivity contribution in [2.45, 2.75) is 25.7 Å². The Morgan fingerprint density at radius 2 is 1.18 bits per heavy atom. The smallest absolute Gasteiger partial charge is 0.331 e. The summed E-state index contributed by atoms with van der Waals surface area (Å²) in [5, 5.41) is 40.1. The van der Waals surface area contributed by atoms with Gasteiger partial charge in [-0.25, -0.2) is 9.59 Å². The van der Waals surface area contributed by atoms with Crippen LogP contribution in [0.15, 0.2) is 12.2 Å². The molecule has 0 aromatic rings. The van der Waals surface area contributed by atoms with E-state index in [1.165, 1.54) is 0 Å². The second-order valence-corrected chi connectivity index (χ2v) is 4.56. The summed E-state index contributed by atoms with van der Waals surface area (Å²) in [6.45, 7) is 2.00. The molecule has 0 aromatic heterocycles. The fraction of sp³-hybridized carbons (Fsp3) is 0.667. The molecule has 128 valence electrons. The van der Waals surface area contributed by atoms with Gasteiger partial charge >= 0.3 is 11.9 Å². The highest BCUT2D eigenvalue weighted by molar-refractivity contribution is 5.91. The summed E-state index contributed by atoms with van der Waals surface area (Å²) in [5.74, 6) is -5.71. The van der Waals surface area contributed by atoms with Crippen molar-refractivity contribution in [1.82, 2.24) is 10.6 Å². The molecule has 0 rings (SSSR count). The summed E-state index contributed by atoms with van der Waals surface area (Å²) in [4.78, 5) is 22.4. The molecule has 10 heteroatoms. The Kier molecular flexibility index (Phi) is 8.79. The van der Waals surface area contributed by atoms with Crippen LogP contribution in [0, 0.1) is 0 Å². The van der Waals surface area contributed by atoms with E-state index in [4.69, 9.17) is 20.4 Å². The molecule has 0 radical (unpaired) electrons. The molecule has 0 aromatic carbocycles. The number of hydrogen-bond acceptors (Lipinski definition) is 10. The van der Waals surface area contributed by atoms with Crippen LogP contribution in [0.2, 0.25) is 0 Å². The summed E-state index contributed by atoms with van der Waals surface area (Å²) in [6, 6.07) is 0. The quantitative estimate of drug-likeness (QED) is 0.107. The molecule has 0 heterocycles. The monoisotopic (exact) mass is 322 g/mol. The fourth-order valence-corrected chi connectivity index (χ4v) is 1.11. The Hall–Kier alpha value is -1.56. The average molecular weight is 322 g/mol. The van der Waals surface area contributed by atoms with Gasteiger partial charge in [-0.2, -0.15) is 0 Å². The lowest BCUT2D eigenvalue weighted by Gasteiger charge is -2.17. The second kappa shape index (κ2) is 9.46. The molecule has 0 fully saturated rings. The van der Waals surface area contributed by atoms with E-state index in [1.807, 2.05) is 0 Å². The predicted octanol–water partition coefficient (Wildman–Crippen LogP) is -2.88. The minimum absolute atomic E-state index is 0.0142. The molecule has 0 bridgehead atoms. The number of nitrogens with one attached hydrogen (secondary N) is 2. The summed E-state index contributed by atoms with van der Waals surface area (Å²) in [5.41, 5.74) is 0. The molecule has 0 atom stereocenters. The van der Waals surface area contributed by atoms with E-state index < -0.39 is 23.8 Å². The van der Waals surface area contributed by atoms with E-state index in [1.54, 1.807) is 0 Å². The molecule has 0 saturated carbocycles. The molecule has 0 amide bonds. The van der Waals surface area contributed by atoms with Crippen molar-refractivity contribution >= 4 is 11.9 Å². The number of hydrogen-bond donors (Lipinski definition) is 6. The zero-order chi connectivity index (χ0) is 17.2. The van der Waals surface area contributed by atoms with E-state index in [0.29, 0.717) is 0 Å². The molecular weight excluding hydrogens is 300 g/mol. The van der Waals surface area contributed by atoms with Crippen LogP contribution in [-0.4, -0.2) is 70.5 Å². The Morgan fingerprint density at radius 3 is 1.45 bits per heavy atom. The maximum absolute atomic E-state index is 11.2. The summed E-state index contributed by atoms with van der Waals surface area (Å²) in [6.07, 6.45) is 1.71. The summed E-state index contributed by atoms with van der Waals surface area (Å²) < 4.78 is 9.32. The van der Waals surface area contributed by atoms with Gasteiger partial charge in [0.05, 0.1) is 0 Å². The van der Waals surface area contributed by atoms with Crippen molar-refractivity contribution in [3.05, 3.63) is 12.2 Å². The molecule has 0 unspecified atom stereocenters. The summed E-state index contributed by atoms with van der Waals surface area (Å²) >= 11 is 0. The minimum Gasteiger partial charge on any atom is -0.461 e. The van der Waals surface area contributed by atoms with Gasteiger partial charge in [0.1, 0.15) is 13.2 Å². The molecule has 6 N–H and O–H groups in total. The van der Waals surface area contributed by atoms with Crippen LogP contribution >= 0.6 is 0 Å². The number of ether oxygens (including phenoxy) is 2. The lowest BCUT2D eigenvalue weighted by atomic mass is 10.5. The molecule has 10 nitrogen and oxygen atoms in total. The van der Waals surface area contributed by atoms with E-state index >= 15 is 0 Å². The van der Waals surface area contributed by atoms with Gasteiger partial charge in [-0.15, -0.1) is 0 Å². The molecule has 22 heavy (non-hydrogen) atoms. The molecule has 0 aliphatic carbocycles. The highest BCUT2D eigenvalue weighted by Crippen LogP contribution is 1.91. The van der Waals surface area contributed by atoms with E-state index in [-0.39, 0.29) is 26.3 Å². The van der Waals surface area contributed by atoms with Crippen LogP contribution in [0.5, 0.6) is 0 Å². The van der Waals surface area contributed by atoms with Crippen LogP contribution in [-0.2, 0) is 19.1 Å². The highest BCUT2D eigenvalue weighted by atomic mass is 16.5. The highest BCUT2D eigenvalue weighted by Gasteiger charge is 2.13. The van der Waals surface area contributed by atoms with Crippen molar-refractivity contribution in [3.63, 3.8) is 0 Å². The lowest BCUT2D eigenvalue weighted by molar-refractivity contribution is -0.172. The molecule has 0 spiro atoms. The van der Waals surface area contributed by atoms with Gasteiger partial charge in [-0.05, 0) is 0 Å². The van der Waals surface area contributed by atoms with Crippen LogP contribution in [0.4, 0.5) is 0 Å². The normalized spacial score (nSPS) is 12.5. The summed E-state index contributed by atoms with van der Waals surface area (Å²) in [7, 11) is 0. The third-order valence-corrected chi connectivity index (χ3v) is 1.97. The van der Waals surface area contributed by atoms with Gasteiger partial charge in [-0.1, -0.05) is 0 Å².